The van der Waals surface area contributed by atoms with E-state index >= 15 is 0 Å². The summed E-state index contributed by atoms with van der Waals surface area (Å²) < 4.78 is 0.973. The Labute approximate surface area is 126 Å². The van der Waals surface area contributed by atoms with Crippen LogP contribution in [0.25, 0.3) is 0 Å². The highest BCUT2D eigenvalue weighted by Gasteiger charge is 2.10. The lowest BCUT2D eigenvalue weighted by Gasteiger charge is -2.16. The molecule has 1 rings (SSSR count). The molecule has 0 aliphatic rings. The number of amides is 2. The van der Waals surface area contributed by atoms with Crippen LogP contribution in [0.3, 0.4) is 0 Å². The second-order valence-corrected chi connectivity index (χ2v) is 4.88. The average Bonchev–Trinajstić information content (AvgIpc) is 2.42. The highest BCUT2D eigenvalue weighted by molar-refractivity contribution is 14.1. The number of hydrogen-bond donors (Lipinski definition) is 1. The van der Waals surface area contributed by atoms with E-state index in [2.05, 4.69) is 34.5 Å². The molecule has 19 heavy (non-hydrogen) atoms. The van der Waals surface area contributed by atoms with Gasteiger partial charge in [0, 0.05) is 29.3 Å². The van der Waals surface area contributed by atoms with Crippen LogP contribution in [0, 0.1) is 3.57 Å². The zero-order valence-corrected chi connectivity index (χ0v) is 12.8. The summed E-state index contributed by atoms with van der Waals surface area (Å²) in [4.78, 5) is 24.7. The highest BCUT2D eigenvalue weighted by Crippen LogP contribution is 2.20. The SMILES string of the molecule is C=CCNC(=O)/C=C/C(=O)N(C)c1ccccc1I. The Morgan fingerprint density at radius 3 is 2.68 bits per heavy atom. The number of carbonyl (C=O) groups is 2. The van der Waals surface area contributed by atoms with Gasteiger partial charge in [-0.2, -0.15) is 0 Å². The van der Waals surface area contributed by atoms with Crippen molar-refractivity contribution in [1.82, 2.24) is 5.32 Å². The molecule has 100 valence electrons. The quantitative estimate of drug-likeness (QED) is 0.491. The van der Waals surface area contributed by atoms with Crippen molar-refractivity contribution < 1.29 is 9.59 Å². The molecule has 0 saturated carbocycles. The Morgan fingerprint density at radius 2 is 2.05 bits per heavy atom. The van der Waals surface area contributed by atoms with E-state index < -0.39 is 0 Å². The van der Waals surface area contributed by atoms with Crippen molar-refractivity contribution >= 4 is 40.1 Å². The van der Waals surface area contributed by atoms with Crippen molar-refractivity contribution in [3.63, 3.8) is 0 Å². The minimum Gasteiger partial charge on any atom is -0.349 e. The van der Waals surface area contributed by atoms with Crippen LogP contribution in [0.1, 0.15) is 0 Å². The smallest absolute Gasteiger partial charge is 0.250 e. The van der Waals surface area contributed by atoms with Gasteiger partial charge in [-0.3, -0.25) is 9.59 Å². The highest BCUT2D eigenvalue weighted by atomic mass is 127. The molecule has 0 spiro atoms. The summed E-state index contributed by atoms with van der Waals surface area (Å²) in [6.45, 7) is 3.87. The molecule has 0 unspecified atom stereocenters. The molecule has 0 atom stereocenters. The fourth-order valence-electron chi connectivity index (χ4n) is 1.33. The summed E-state index contributed by atoms with van der Waals surface area (Å²) in [5, 5.41) is 2.56. The Hall–Kier alpha value is -1.63. The Morgan fingerprint density at radius 1 is 1.37 bits per heavy atom. The van der Waals surface area contributed by atoms with Gasteiger partial charge in [0.05, 0.1) is 5.69 Å². The van der Waals surface area contributed by atoms with Gasteiger partial charge in [0.15, 0.2) is 0 Å². The van der Waals surface area contributed by atoms with Crippen LogP contribution in [0.15, 0.2) is 49.1 Å². The minimum absolute atomic E-state index is 0.252. The molecule has 1 N–H and O–H groups in total. The van der Waals surface area contributed by atoms with Gasteiger partial charge < -0.3 is 10.2 Å². The molecule has 0 aliphatic heterocycles. The van der Waals surface area contributed by atoms with E-state index in [1.165, 1.54) is 17.1 Å². The first-order chi connectivity index (χ1) is 9.06. The number of carbonyl (C=O) groups excluding carboxylic acids is 2. The molecule has 0 fully saturated rings. The van der Waals surface area contributed by atoms with Gasteiger partial charge in [0.2, 0.25) is 5.91 Å². The van der Waals surface area contributed by atoms with Crippen molar-refractivity contribution in [2.75, 3.05) is 18.5 Å². The summed E-state index contributed by atoms with van der Waals surface area (Å²) in [7, 11) is 1.67. The molecule has 0 saturated heterocycles. The molecule has 5 heteroatoms. The maximum absolute atomic E-state index is 11.9. The van der Waals surface area contributed by atoms with E-state index in [0.29, 0.717) is 6.54 Å². The summed E-state index contributed by atoms with van der Waals surface area (Å²) in [6, 6.07) is 7.54. The number of nitrogens with one attached hydrogen (secondary N) is 1. The first-order valence-electron chi connectivity index (χ1n) is 5.65. The number of hydrogen-bond acceptors (Lipinski definition) is 2. The Balaban J connectivity index is 2.68. The second-order valence-electron chi connectivity index (χ2n) is 3.72. The van der Waals surface area contributed by atoms with Crippen molar-refractivity contribution in [2.45, 2.75) is 0 Å². The van der Waals surface area contributed by atoms with Gasteiger partial charge in [0.1, 0.15) is 0 Å². The van der Waals surface area contributed by atoms with Crippen LogP contribution in [0.2, 0.25) is 0 Å². The fourth-order valence-corrected chi connectivity index (χ4v) is 2.08. The van der Waals surface area contributed by atoms with Crippen molar-refractivity contribution in [2.24, 2.45) is 0 Å². The summed E-state index contributed by atoms with van der Waals surface area (Å²) in [6.07, 6.45) is 4.05. The van der Waals surface area contributed by atoms with Crippen LogP contribution >= 0.6 is 22.6 Å². The largest absolute Gasteiger partial charge is 0.349 e. The number of rotatable bonds is 5. The van der Waals surface area contributed by atoms with Gasteiger partial charge in [-0.1, -0.05) is 18.2 Å². The van der Waals surface area contributed by atoms with E-state index in [4.69, 9.17) is 0 Å². The first kappa shape index (κ1) is 15.4. The number of halogens is 1. The fraction of sp³-hybridized carbons (Fsp3) is 0.143. The van der Waals surface area contributed by atoms with Gasteiger partial charge in [-0.05, 0) is 34.7 Å². The molecule has 0 bridgehead atoms. The molecule has 2 amide bonds. The van der Waals surface area contributed by atoms with E-state index in [-0.39, 0.29) is 11.8 Å². The predicted octanol–water partition coefficient (Wildman–Crippen LogP) is 2.11. The number of anilines is 1. The number of likely N-dealkylation sites (N-methyl/N-ethyl adjacent to an activating group) is 1. The molecule has 4 nitrogen and oxygen atoms in total. The number of nitrogens with zero attached hydrogens (tertiary/aromatic N) is 1. The third-order valence-corrected chi connectivity index (χ3v) is 3.25. The third-order valence-electron chi connectivity index (χ3n) is 2.34. The Bertz CT molecular complexity index is 512. The molecular formula is C14H15IN2O2. The summed E-state index contributed by atoms with van der Waals surface area (Å²) in [5.41, 5.74) is 0.809. The van der Waals surface area contributed by atoms with Crippen molar-refractivity contribution in [3.8, 4) is 0 Å². The molecule has 1 aromatic carbocycles. The van der Waals surface area contributed by atoms with Gasteiger partial charge in [-0.25, -0.2) is 0 Å². The Kier molecular flexibility index (Phi) is 6.27. The monoisotopic (exact) mass is 370 g/mol. The van der Waals surface area contributed by atoms with Crippen molar-refractivity contribution in [3.05, 3.63) is 52.6 Å². The molecular weight excluding hydrogens is 355 g/mol. The van der Waals surface area contributed by atoms with Crippen LogP contribution in [-0.2, 0) is 9.59 Å². The van der Waals surface area contributed by atoms with Gasteiger partial charge in [-0.15, -0.1) is 6.58 Å². The predicted molar refractivity (Wildman–Crippen MR) is 84.9 cm³/mol. The van der Waals surface area contributed by atoms with E-state index in [0.717, 1.165) is 9.26 Å². The topological polar surface area (TPSA) is 49.4 Å². The summed E-state index contributed by atoms with van der Waals surface area (Å²) in [5.74, 6) is -0.567. The van der Waals surface area contributed by atoms with Crippen LogP contribution in [-0.4, -0.2) is 25.4 Å². The normalized spacial score (nSPS) is 10.2. The average molecular weight is 370 g/mol. The van der Waals surface area contributed by atoms with E-state index in [1.54, 1.807) is 13.1 Å². The lowest BCUT2D eigenvalue weighted by molar-refractivity contribution is -0.117. The maximum atomic E-state index is 11.9. The van der Waals surface area contributed by atoms with Gasteiger partial charge in [0.25, 0.3) is 5.91 Å². The van der Waals surface area contributed by atoms with Crippen LogP contribution in [0.4, 0.5) is 5.69 Å². The standard InChI is InChI=1S/C14H15IN2O2/c1-3-10-16-13(18)8-9-14(19)17(2)12-7-5-4-6-11(12)15/h3-9H,1,10H2,2H3,(H,16,18)/b9-8+. The zero-order chi connectivity index (χ0) is 14.3. The lowest BCUT2D eigenvalue weighted by Crippen LogP contribution is -2.26. The molecule has 0 heterocycles. The maximum Gasteiger partial charge on any atom is 0.250 e. The minimum atomic E-state index is -0.315. The summed E-state index contributed by atoms with van der Waals surface area (Å²) >= 11 is 2.16. The van der Waals surface area contributed by atoms with Crippen LogP contribution in [0.5, 0.6) is 0 Å². The van der Waals surface area contributed by atoms with Crippen molar-refractivity contribution in [1.29, 1.82) is 0 Å². The number of para-hydroxylation sites is 1. The first-order valence-corrected chi connectivity index (χ1v) is 6.73. The lowest BCUT2D eigenvalue weighted by atomic mass is 10.3. The van der Waals surface area contributed by atoms with E-state index in [1.807, 2.05) is 24.3 Å². The zero-order valence-electron chi connectivity index (χ0n) is 10.6. The molecule has 0 radical (unpaired) electrons. The molecule has 0 aliphatic carbocycles. The van der Waals surface area contributed by atoms with Gasteiger partial charge >= 0.3 is 0 Å². The van der Waals surface area contributed by atoms with Crippen LogP contribution < -0.4 is 10.2 Å². The number of benzene rings is 1. The second kappa shape index (κ2) is 7.73. The molecule has 1 aromatic rings. The third kappa shape index (κ3) is 4.86. The molecule has 0 aromatic heterocycles. The van der Waals surface area contributed by atoms with E-state index in [9.17, 15) is 9.59 Å².